The van der Waals surface area contributed by atoms with E-state index >= 15 is 0 Å². The molecular weight excluding hydrogens is 108 g/mol. The van der Waals surface area contributed by atoms with Gasteiger partial charge in [-0.1, -0.05) is 31.5 Å². The van der Waals surface area contributed by atoms with Gasteiger partial charge >= 0.3 is 0 Å². The highest BCUT2D eigenvalue weighted by atomic mass is 35.5. The first kappa shape index (κ1) is 7.03. The molecule has 0 aliphatic carbocycles. The van der Waals surface area contributed by atoms with E-state index in [2.05, 4.69) is 13.8 Å². The first-order valence-electron chi connectivity index (χ1n) is 2.50. The number of hydrogen-bond donors (Lipinski definition) is 0. The molecule has 0 radical (unpaired) electrons. The second-order valence-electron chi connectivity index (χ2n) is 1.83. The van der Waals surface area contributed by atoms with Crippen molar-refractivity contribution in [2.24, 2.45) is 5.92 Å². The SMILES string of the molecule is C/C=C(/Cl)C(C)C. The van der Waals surface area contributed by atoms with Gasteiger partial charge in [-0.3, -0.25) is 0 Å². The molecule has 0 amide bonds. The highest BCUT2D eigenvalue weighted by Crippen LogP contribution is 2.12. The summed E-state index contributed by atoms with van der Waals surface area (Å²) in [6.45, 7) is 6.09. The van der Waals surface area contributed by atoms with Crippen molar-refractivity contribution in [3.8, 4) is 0 Å². The van der Waals surface area contributed by atoms with Crippen LogP contribution in [-0.4, -0.2) is 0 Å². The van der Waals surface area contributed by atoms with Crippen LogP contribution in [0.3, 0.4) is 0 Å². The molecule has 0 fully saturated rings. The van der Waals surface area contributed by atoms with Gasteiger partial charge in [0.25, 0.3) is 0 Å². The molecule has 0 aromatic rings. The van der Waals surface area contributed by atoms with Gasteiger partial charge < -0.3 is 0 Å². The summed E-state index contributed by atoms with van der Waals surface area (Å²) in [7, 11) is 0. The van der Waals surface area contributed by atoms with E-state index in [1.54, 1.807) is 0 Å². The summed E-state index contributed by atoms with van der Waals surface area (Å²) in [6.07, 6.45) is 1.92. The summed E-state index contributed by atoms with van der Waals surface area (Å²) >= 11 is 5.66. The molecule has 0 heterocycles. The van der Waals surface area contributed by atoms with Crippen LogP contribution in [0.15, 0.2) is 11.1 Å². The van der Waals surface area contributed by atoms with Crippen molar-refractivity contribution in [3.05, 3.63) is 11.1 Å². The van der Waals surface area contributed by atoms with Crippen molar-refractivity contribution in [1.82, 2.24) is 0 Å². The Morgan fingerprint density at radius 3 is 2.00 bits per heavy atom. The molecule has 0 nitrogen and oxygen atoms in total. The molecule has 0 rings (SSSR count). The minimum Gasteiger partial charge on any atom is -0.0892 e. The standard InChI is InChI=1S/C6H11Cl/c1-4-6(7)5(2)3/h4-5H,1-3H3/b6-4+. The normalized spacial score (nSPS) is 13.0. The van der Waals surface area contributed by atoms with Gasteiger partial charge in [0.05, 0.1) is 0 Å². The molecule has 0 bridgehead atoms. The Morgan fingerprint density at radius 2 is 2.00 bits per heavy atom. The number of hydrogen-bond acceptors (Lipinski definition) is 0. The predicted octanol–water partition coefficient (Wildman–Crippen LogP) is 2.79. The molecule has 0 aromatic carbocycles. The third-order valence-corrected chi connectivity index (χ3v) is 1.48. The average molecular weight is 119 g/mol. The van der Waals surface area contributed by atoms with E-state index in [1.807, 2.05) is 13.0 Å². The number of halogens is 1. The summed E-state index contributed by atoms with van der Waals surface area (Å²) in [5.74, 6) is 0.492. The Labute approximate surface area is 50.2 Å². The van der Waals surface area contributed by atoms with Gasteiger partial charge in [0.2, 0.25) is 0 Å². The van der Waals surface area contributed by atoms with Crippen LogP contribution in [0.2, 0.25) is 0 Å². The van der Waals surface area contributed by atoms with Gasteiger partial charge in [-0.25, -0.2) is 0 Å². The summed E-state index contributed by atoms with van der Waals surface area (Å²) in [5.41, 5.74) is 0. The first-order chi connectivity index (χ1) is 3.18. The Kier molecular flexibility index (Phi) is 3.10. The minimum atomic E-state index is 0.492. The zero-order valence-corrected chi connectivity index (χ0v) is 5.79. The predicted molar refractivity (Wildman–Crippen MR) is 34.4 cm³/mol. The maximum Gasteiger partial charge on any atom is 0.0163 e. The second kappa shape index (κ2) is 3.09. The van der Waals surface area contributed by atoms with Crippen LogP contribution in [-0.2, 0) is 0 Å². The molecule has 0 unspecified atom stereocenters. The summed E-state index contributed by atoms with van der Waals surface area (Å²) in [5, 5.41) is 0.944. The number of allylic oxidation sites excluding steroid dienone is 2. The van der Waals surface area contributed by atoms with Crippen molar-refractivity contribution < 1.29 is 0 Å². The highest BCUT2D eigenvalue weighted by molar-refractivity contribution is 6.29. The molecule has 42 valence electrons. The molecule has 0 atom stereocenters. The van der Waals surface area contributed by atoms with E-state index in [9.17, 15) is 0 Å². The quantitative estimate of drug-likeness (QED) is 0.497. The Hall–Kier alpha value is 0.0300. The molecule has 7 heavy (non-hydrogen) atoms. The average Bonchev–Trinajstić information content (AvgIpc) is 1.65. The molecule has 0 aliphatic rings. The van der Waals surface area contributed by atoms with Crippen molar-refractivity contribution in [3.63, 3.8) is 0 Å². The van der Waals surface area contributed by atoms with Crippen molar-refractivity contribution in [1.29, 1.82) is 0 Å². The summed E-state index contributed by atoms with van der Waals surface area (Å²) < 4.78 is 0. The van der Waals surface area contributed by atoms with E-state index in [-0.39, 0.29) is 0 Å². The molecular formula is C6H11Cl. The molecule has 0 saturated heterocycles. The molecule has 0 saturated carbocycles. The Morgan fingerprint density at radius 1 is 1.57 bits per heavy atom. The van der Waals surface area contributed by atoms with Crippen LogP contribution in [0.5, 0.6) is 0 Å². The lowest BCUT2D eigenvalue weighted by atomic mass is 10.2. The van der Waals surface area contributed by atoms with E-state index in [0.29, 0.717) is 5.92 Å². The lowest BCUT2D eigenvalue weighted by Gasteiger charge is -1.97. The maximum atomic E-state index is 5.66. The molecule has 1 heteroatoms. The van der Waals surface area contributed by atoms with E-state index in [0.717, 1.165) is 5.03 Å². The van der Waals surface area contributed by atoms with Gasteiger partial charge in [-0.15, -0.1) is 0 Å². The van der Waals surface area contributed by atoms with Crippen molar-refractivity contribution in [2.45, 2.75) is 20.8 Å². The van der Waals surface area contributed by atoms with Crippen LogP contribution >= 0.6 is 11.6 Å². The fourth-order valence-electron chi connectivity index (χ4n) is 0.333. The molecule has 0 spiro atoms. The fraction of sp³-hybridized carbons (Fsp3) is 0.667. The Bertz CT molecular complexity index is 72.2. The van der Waals surface area contributed by atoms with E-state index in [1.165, 1.54) is 0 Å². The zero-order chi connectivity index (χ0) is 5.86. The highest BCUT2D eigenvalue weighted by Gasteiger charge is 1.93. The lowest BCUT2D eigenvalue weighted by Crippen LogP contribution is -1.82. The van der Waals surface area contributed by atoms with Crippen molar-refractivity contribution >= 4 is 11.6 Å². The monoisotopic (exact) mass is 118 g/mol. The summed E-state index contributed by atoms with van der Waals surface area (Å²) in [6, 6.07) is 0. The van der Waals surface area contributed by atoms with Gasteiger partial charge in [0.15, 0.2) is 0 Å². The van der Waals surface area contributed by atoms with Gasteiger partial charge in [0.1, 0.15) is 0 Å². The molecule has 0 aliphatic heterocycles. The maximum absolute atomic E-state index is 5.66. The van der Waals surface area contributed by atoms with Crippen molar-refractivity contribution in [2.75, 3.05) is 0 Å². The van der Waals surface area contributed by atoms with Crippen LogP contribution in [0.4, 0.5) is 0 Å². The Balaban J connectivity index is 3.56. The van der Waals surface area contributed by atoms with Gasteiger partial charge in [-0.05, 0) is 12.8 Å². The fourth-order valence-corrected chi connectivity index (χ4v) is 0.333. The van der Waals surface area contributed by atoms with Gasteiger partial charge in [0, 0.05) is 5.03 Å². The lowest BCUT2D eigenvalue weighted by molar-refractivity contribution is 0.811. The summed E-state index contributed by atoms with van der Waals surface area (Å²) in [4.78, 5) is 0. The minimum absolute atomic E-state index is 0.492. The van der Waals surface area contributed by atoms with Crippen LogP contribution in [0.25, 0.3) is 0 Å². The second-order valence-corrected chi connectivity index (χ2v) is 2.26. The third-order valence-electron chi connectivity index (χ3n) is 0.827. The van der Waals surface area contributed by atoms with Crippen LogP contribution in [0.1, 0.15) is 20.8 Å². The van der Waals surface area contributed by atoms with E-state index < -0.39 is 0 Å². The zero-order valence-electron chi connectivity index (χ0n) is 5.03. The topological polar surface area (TPSA) is 0 Å². The third kappa shape index (κ3) is 2.69. The van der Waals surface area contributed by atoms with E-state index in [4.69, 9.17) is 11.6 Å². The molecule has 0 N–H and O–H groups in total. The van der Waals surface area contributed by atoms with Crippen LogP contribution in [0, 0.1) is 5.92 Å². The number of rotatable bonds is 1. The first-order valence-corrected chi connectivity index (χ1v) is 2.88. The van der Waals surface area contributed by atoms with Gasteiger partial charge in [-0.2, -0.15) is 0 Å². The smallest absolute Gasteiger partial charge is 0.0163 e. The largest absolute Gasteiger partial charge is 0.0892 e. The van der Waals surface area contributed by atoms with Crippen LogP contribution < -0.4 is 0 Å². The molecule has 0 aromatic heterocycles.